The molecule has 1 N–H and O–H groups in total. The molecule has 2 fully saturated rings. The number of anilines is 2. The highest BCUT2D eigenvalue weighted by molar-refractivity contribution is 5.82. The topological polar surface area (TPSA) is 88.0 Å². The molecule has 144 valence electrons. The fraction of sp³-hybridized carbons (Fsp3) is 0.722. The first-order valence-electron chi connectivity index (χ1n) is 9.03. The third-order valence-corrected chi connectivity index (χ3v) is 4.98. The lowest BCUT2D eigenvalue weighted by Crippen LogP contribution is -2.49. The van der Waals surface area contributed by atoms with Gasteiger partial charge in [-0.2, -0.15) is 4.98 Å². The highest BCUT2D eigenvalue weighted by atomic mass is 16.5. The molecule has 26 heavy (non-hydrogen) atoms. The van der Waals surface area contributed by atoms with Crippen LogP contribution in [0.1, 0.15) is 33.3 Å². The van der Waals surface area contributed by atoms with E-state index in [0.29, 0.717) is 63.3 Å². The first kappa shape index (κ1) is 18.8. The van der Waals surface area contributed by atoms with E-state index in [2.05, 4.69) is 14.8 Å². The number of carboxylic acids is 1. The molecule has 8 nitrogen and oxygen atoms in total. The van der Waals surface area contributed by atoms with Gasteiger partial charge in [-0.1, -0.05) is 0 Å². The van der Waals surface area contributed by atoms with Crippen LogP contribution < -0.4 is 9.80 Å². The number of carboxylic acid groups (broad SMARTS) is 1. The van der Waals surface area contributed by atoms with Gasteiger partial charge in [-0.25, -0.2) is 4.98 Å². The second kappa shape index (κ2) is 7.00. The molecule has 0 spiro atoms. The van der Waals surface area contributed by atoms with Crippen molar-refractivity contribution >= 4 is 17.7 Å². The van der Waals surface area contributed by atoms with Gasteiger partial charge in [-0.3, -0.25) is 4.79 Å². The lowest BCUT2D eigenvalue weighted by atomic mass is 9.85. The summed E-state index contributed by atoms with van der Waals surface area (Å²) < 4.78 is 11.2. The van der Waals surface area contributed by atoms with Gasteiger partial charge in [0.25, 0.3) is 0 Å². The number of hydrogen-bond donors (Lipinski definition) is 1. The van der Waals surface area contributed by atoms with Crippen LogP contribution >= 0.6 is 0 Å². The van der Waals surface area contributed by atoms with Gasteiger partial charge in [0.1, 0.15) is 5.82 Å². The predicted octanol–water partition coefficient (Wildman–Crippen LogP) is 1.29. The van der Waals surface area contributed by atoms with E-state index in [4.69, 9.17) is 14.5 Å². The third kappa shape index (κ3) is 3.76. The van der Waals surface area contributed by atoms with Gasteiger partial charge in [0.05, 0.1) is 30.8 Å². The Morgan fingerprint density at radius 1 is 1.19 bits per heavy atom. The Balaban J connectivity index is 2.00. The quantitative estimate of drug-likeness (QED) is 0.855. The number of ether oxygens (including phenoxy) is 2. The summed E-state index contributed by atoms with van der Waals surface area (Å²) in [6, 6.07) is 0. The molecule has 0 unspecified atom stereocenters. The summed E-state index contributed by atoms with van der Waals surface area (Å²) >= 11 is 0. The number of aliphatic carboxylic acids is 1. The summed E-state index contributed by atoms with van der Waals surface area (Å²) in [5.74, 6) is 0.415. The van der Waals surface area contributed by atoms with Crippen molar-refractivity contribution < 1.29 is 19.4 Å². The fourth-order valence-corrected chi connectivity index (χ4v) is 3.28. The van der Waals surface area contributed by atoms with E-state index >= 15 is 0 Å². The molecule has 1 aromatic heterocycles. The Labute approximate surface area is 154 Å². The second-order valence-corrected chi connectivity index (χ2v) is 7.97. The Hall–Kier alpha value is -1.93. The van der Waals surface area contributed by atoms with Crippen molar-refractivity contribution in [2.75, 3.05) is 55.8 Å². The molecule has 2 aliphatic heterocycles. The smallest absolute Gasteiger partial charge is 0.313 e. The number of nitrogens with zero attached hydrogens (tertiary/aromatic N) is 4. The van der Waals surface area contributed by atoms with Crippen LogP contribution in [0.5, 0.6) is 0 Å². The Morgan fingerprint density at radius 2 is 1.85 bits per heavy atom. The van der Waals surface area contributed by atoms with E-state index in [-0.39, 0.29) is 5.60 Å². The zero-order valence-electron chi connectivity index (χ0n) is 16.0. The number of morpholine rings is 2. The van der Waals surface area contributed by atoms with Crippen LogP contribution in [0, 0.1) is 0 Å². The molecular formula is C18H28N4O4. The maximum absolute atomic E-state index is 11.8. The number of hydrogen-bond acceptors (Lipinski definition) is 7. The van der Waals surface area contributed by atoms with Crippen LogP contribution in [0.4, 0.5) is 11.8 Å². The van der Waals surface area contributed by atoms with Gasteiger partial charge in [0.2, 0.25) is 5.95 Å². The molecule has 3 heterocycles. The van der Waals surface area contributed by atoms with Crippen LogP contribution in [-0.4, -0.2) is 72.6 Å². The summed E-state index contributed by atoms with van der Waals surface area (Å²) in [5.41, 5.74) is -0.709. The van der Waals surface area contributed by atoms with Crippen molar-refractivity contribution in [2.24, 2.45) is 0 Å². The molecule has 8 heteroatoms. The minimum atomic E-state index is -1.07. The zero-order valence-corrected chi connectivity index (χ0v) is 16.0. The van der Waals surface area contributed by atoms with Crippen molar-refractivity contribution in [3.63, 3.8) is 0 Å². The standard InChI is InChI=1S/C18H28N4O4/c1-17(2)12-22(7-10-26-17)16-19-11-13(18(3,4)15(23)24)14(20-16)21-5-8-25-9-6-21/h11H,5-10,12H2,1-4H3,(H,23,24). The van der Waals surface area contributed by atoms with E-state index < -0.39 is 11.4 Å². The van der Waals surface area contributed by atoms with Gasteiger partial charge in [0, 0.05) is 37.9 Å². The molecule has 0 aromatic carbocycles. The molecule has 0 saturated carbocycles. The van der Waals surface area contributed by atoms with Crippen molar-refractivity contribution in [1.29, 1.82) is 0 Å². The van der Waals surface area contributed by atoms with E-state index in [1.54, 1.807) is 20.0 Å². The van der Waals surface area contributed by atoms with Crippen molar-refractivity contribution in [3.05, 3.63) is 11.8 Å². The van der Waals surface area contributed by atoms with Crippen LogP contribution in [0.15, 0.2) is 6.20 Å². The third-order valence-electron chi connectivity index (χ3n) is 4.98. The summed E-state index contributed by atoms with van der Waals surface area (Å²) in [5, 5.41) is 9.68. The molecule has 0 amide bonds. The molecule has 0 radical (unpaired) electrons. The van der Waals surface area contributed by atoms with E-state index in [1.807, 2.05) is 13.8 Å². The van der Waals surface area contributed by atoms with Crippen LogP contribution in [0.2, 0.25) is 0 Å². The van der Waals surface area contributed by atoms with Gasteiger partial charge in [0.15, 0.2) is 0 Å². The largest absolute Gasteiger partial charge is 0.481 e. The first-order valence-corrected chi connectivity index (χ1v) is 9.03. The number of rotatable bonds is 4. The van der Waals surface area contributed by atoms with Gasteiger partial charge in [-0.15, -0.1) is 0 Å². The Morgan fingerprint density at radius 3 is 2.46 bits per heavy atom. The average Bonchev–Trinajstić information content (AvgIpc) is 2.61. The summed E-state index contributed by atoms with van der Waals surface area (Å²) in [4.78, 5) is 25.3. The minimum absolute atomic E-state index is 0.264. The first-order chi connectivity index (χ1) is 12.2. The minimum Gasteiger partial charge on any atom is -0.481 e. The Kier molecular flexibility index (Phi) is 5.07. The molecule has 1 aromatic rings. The molecule has 2 saturated heterocycles. The highest BCUT2D eigenvalue weighted by Crippen LogP contribution is 2.33. The predicted molar refractivity (Wildman–Crippen MR) is 98.0 cm³/mol. The maximum atomic E-state index is 11.8. The normalized spacial score (nSPS) is 20.9. The van der Waals surface area contributed by atoms with Gasteiger partial charge < -0.3 is 24.4 Å². The Bertz CT molecular complexity index is 671. The highest BCUT2D eigenvalue weighted by Gasteiger charge is 2.36. The van der Waals surface area contributed by atoms with Crippen LogP contribution in [0.3, 0.4) is 0 Å². The fourth-order valence-electron chi connectivity index (χ4n) is 3.28. The summed E-state index contributed by atoms with van der Waals surface area (Å²) in [7, 11) is 0. The van der Waals surface area contributed by atoms with Crippen molar-refractivity contribution in [1.82, 2.24) is 9.97 Å². The lowest BCUT2D eigenvalue weighted by molar-refractivity contribution is -0.142. The number of carbonyl (C=O) groups is 1. The summed E-state index contributed by atoms with van der Waals surface area (Å²) in [6.07, 6.45) is 1.67. The number of aromatic nitrogens is 2. The SMILES string of the molecule is CC1(C)CN(c2ncc(C(C)(C)C(=O)O)c(N3CCOCC3)n2)CCO1. The lowest BCUT2D eigenvalue weighted by Gasteiger charge is -2.39. The van der Waals surface area contributed by atoms with E-state index in [1.165, 1.54) is 0 Å². The summed E-state index contributed by atoms with van der Waals surface area (Å²) in [6.45, 7) is 12.1. The molecule has 2 aliphatic rings. The molecular weight excluding hydrogens is 336 g/mol. The maximum Gasteiger partial charge on any atom is 0.313 e. The van der Waals surface area contributed by atoms with Crippen molar-refractivity contribution in [3.8, 4) is 0 Å². The van der Waals surface area contributed by atoms with E-state index in [9.17, 15) is 9.90 Å². The van der Waals surface area contributed by atoms with Gasteiger partial charge in [-0.05, 0) is 27.7 Å². The van der Waals surface area contributed by atoms with Gasteiger partial charge >= 0.3 is 5.97 Å². The van der Waals surface area contributed by atoms with Crippen molar-refractivity contribution in [2.45, 2.75) is 38.7 Å². The monoisotopic (exact) mass is 364 g/mol. The molecule has 0 atom stereocenters. The van der Waals surface area contributed by atoms with Crippen LogP contribution in [-0.2, 0) is 19.7 Å². The zero-order chi connectivity index (χ0) is 18.9. The molecule has 0 aliphatic carbocycles. The molecule has 0 bridgehead atoms. The molecule has 3 rings (SSSR count). The van der Waals surface area contributed by atoms with E-state index in [0.717, 1.165) is 0 Å². The van der Waals surface area contributed by atoms with Crippen LogP contribution in [0.25, 0.3) is 0 Å². The second-order valence-electron chi connectivity index (χ2n) is 7.97. The average molecular weight is 364 g/mol.